The summed E-state index contributed by atoms with van der Waals surface area (Å²) in [6.45, 7) is 6.67. The molecular weight excluding hydrogens is 134 g/mol. The van der Waals surface area contributed by atoms with Gasteiger partial charge in [-0.1, -0.05) is 20.8 Å². The minimum atomic E-state index is 0.748. The van der Waals surface area contributed by atoms with E-state index in [0.717, 1.165) is 12.3 Å². The van der Waals surface area contributed by atoms with Crippen LogP contribution >= 0.6 is 0 Å². The molecule has 1 heteroatoms. The van der Waals surface area contributed by atoms with Gasteiger partial charge in [0, 0.05) is 11.9 Å². The second-order valence-electron chi connectivity index (χ2n) is 3.48. The number of hydrogen-bond acceptors (Lipinski definition) is 0. The molecule has 0 saturated heterocycles. The van der Waals surface area contributed by atoms with Gasteiger partial charge < -0.3 is 4.98 Å². The molecule has 0 bridgehead atoms. The molecule has 0 spiro atoms. The summed E-state index contributed by atoms with van der Waals surface area (Å²) >= 11 is 0. The van der Waals surface area contributed by atoms with Crippen molar-refractivity contribution in [3.8, 4) is 0 Å². The molecule has 1 heterocycles. The van der Waals surface area contributed by atoms with Gasteiger partial charge in [-0.15, -0.1) is 0 Å². The van der Waals surface area contributed by atoms with Crippen molar-refractivity contribution in [1.29, 1.82) is 0 Å². The van der Waals surface area contributed by atoms with Crippen LogP contribution in [0.25, 0.3) is 0 Å². The first-order valence-corrected chi connectivity index (χ1v) is 4.38. The van der Waals surface area contributed by atoms with Crippen LogP contribution in [0.15, 0.2) is 12.3 Å². The number of aryl methyl sites for hydroxylation is 1. The molecule has 1 rings (SSSR count). The van der Waals surface area contributed by atoms with Crippen LogP contribution in [-0.2, 0) is 12.8 Å². The lowest BCUT2D eigenvalue weighted by atomic mass is 10.1. The third kappa shape index (κ3) is 2.41. The summed E-state index contributed by atoms with van der Waals surface area (Å²) in [5.41, 5.74) is 2.79. The molecule has 0 unspecified atom stereocenters. The zero-order chi connectivity index (χ0) is 8.27. The second kappa shape index (κ2) is 3.61. The van der Waals surface area contributed by atoms with Gasteiger partial charge >= 0.3 is 0 Å². The molecule has 0 aromatic carbocycles. The van der Waals surface area contributed by atoms with Gasteiger partial charge in [0.1, 0.15) is 0 Å². The Morgan fingerprint density at radius 3 is 2.64 bits per heavy atom. The van der Waals surface area contributed by atoms with E-state index in [2.05, 4.69) is 38.0 Å². The van der Waals surface area contributed by atoms with Crippen molar-refractivity contribution in [3.05, 3.63) is 23.5 Å². The minimum Gasteiger partial charge on any atom is -0.365 e. The molecule has 0 aliphatic rings. The molecule has 0 fully saturated rings. The van der Waals surface area contributed by atoms with Gasteiger partial charge in [-0.2, -0.15) is 0 Å². The van der Waals surface area contributed by atoms with Crippen LogP contribution in [0, 0.1) is 5.92 Å². The number of aromatic amines is 1. The molecule has 0 saturated carbocycles. The molecule has 11 heavy (non-hydrogen) atoms. The Kier molecular flexibility index (Phi) is 2.75. The fraction of sp³-hybridized carbons (Fsp3) is 0.600. The Bertz CT molecular complexity index is 210. The van der Waals surface area contributed by atoms with Gasteiger partial charge in [0.2, 0.25) is 0 Å². The predicted molar refractivity (Wildman–Crippen MR) is 48.7 cm³/mol. The summed E-state index contributed by atoms with van der Waals surface area (Å²) in [6.07, 6.45) is 4.41. The summed E-state index contributed by atoms with van der Waals surface area (Å²) < 4.78 is 0. The molecule has 0 atom stereocenters. The highest BCUT2D eigenvalue weighted by atomic mass is 14.7. The highest BCUT2D eigenvalue weighted by Gasteiger charge is 1.99. The van der Waals surface area contributed by atoms with Crippen molar-refractivity contribution in [2.75, 3.05) is 0 Å². The third-order valence-corrected chi connectivity index (χ3v) is 1.84. The van der Waals surface area contributed by atoms with Crippen molar-refractivity contribution in [3.63, 3.8) is 0 Å². The lowest BCUT2D eigenvalue weighted by molar-refractivity contribution is 0.638. The quantitative estimate of drug-likeness (QED) is 0.683. The maximum absolute atomic E-state index is 3.29. The molecule has 1 nitrogen and oxygen atoms in total. The van der Waals surface area contributed by atoms with E-state index in [0.29, 0.717) is 0 Å². The van der Waals surface area contributed by atoms with Crippen LogP contribution in [0.2, 0.25) is 0 Å². The largest absolute Gasteiger partial charge is 0.365 e. The molecule has 62 valence electrons. The Morgan fingerprint density at radius 2 is 2.18 bits per heavy atom. The molecule has 1 aromatic rings. The lowest BCUT2D eigenvalue weighted by Crippen LogP contribution is -1.92. The highest BCUT2D eigenvalue weighted by Crippen LogP contribution is 2.08. The fourth-order valence-corrected chi connectivity index (χ4v) is 1.25. The standard InChI is InChI=1S/C10H17N/c1-4-9-6-10(11-7-9)5-8(2)3/h6-8,11H,4-5H2,1-3H3. The number of nitrogens with one attached hydrogen (secondary N) is 1. The Balaban J connectivity index is 2.58. The van der Waals surface area contributed by atoms with E-state index in [-0.39, 0.29) is 0 Å². The van der Waals surface area contributed by atoms with Gasteiger partial charge in [-0.25, -0.2) is 0 Å². The van der Waals surface area contributed by atoms with E-state index < -0.39 is 0 Å². The monoisotopic (exact) mass is 151 g/mol. The Morgan fingerprint density at radius 1 is 1.45 bits per heavy atom. The molecule has 0 radical (unpaired) electrons. The van der Waals surface area contributed by atoms with Gasteiger partial charge in [-0.05, 0) is 30.4 Å². The van der Waals surface area contributed by atoms with Crippen LogP contribution < -0.4 is 0 Å². The fourth-order valence-electron chi connectivity index (χ4n) is 1.25. The van der Waals surface area contributed by atoms with Crippen LogP contribution in [0.4, 0.5) is 0 Å². The average Bonchev–Trinajstić information content (AvgIpc) is 2.34. The van der Waals surface area contributed by atoms with E-state index in [1.54, 1.807) is 0 Å². The van der Waals surface area contributed by atoms with Crippen molar-refractivity contribution in [2.24, 2.45) is 5.92 Å². The Hall–Kier alpha value is -0.720. The predicted octanol–water partition coefficient (Wildman–Crippen LogP) is 2.78. The summed E-state index contributed by atoms with van der Waals surface area (Å²) in [5, 5.41) is 0. The molecular formula is C10H17N. The van der Waals surface area contributed by atoms with Crippen LogP contribution in [0.5, 0.6) is 0 Å². The maximum Gasteiger partial charge on any atom is 0.0152 e. The van der Waals surface area contributed by atoms with E-state index >= 15 is 0 Å². The Labute approximate surface area is 68.8 Å². The zero-order valence-corrected chi connectivity index (χ0v) is 7.65. The summed E-state index contributed by atoms with van der Waals surface area (Å²) in [5.74, 6) is 0.748. The summed E-state index contributed by atoms with van der Waals surface area (Å²) in [4.78, 5) is 3.29. The SMILES string of the molecule is CCc1c[nH]c(CC(C)C)c1. The zero-order valence-electron chi connectivity index (χ0n) is 7.65. The minimum absolute atomic E-state index is 0.748. The summed E-state index contributed by atoms with van der Waals surface area (Å²) in [6, 6.07) is 2.26. The first-order valence-electron chi connectivity index (χ1n) is 4.38. The topological polar surface area (TPSA) is 15.8 Å². The first kappa shape index (κ1) is 8.38. The molecule has 1 aromatic heterocycles. The highest BCUT2D eigenvalue weighted by molar-refractivity contribution is 5.16. The van der Waals surface area contributed by atoms with E-state index in [4.69, 9.17) is 0 Å². The number of rotatable bonds is 3. The van der Waals surface area contributed by atoms with Crippen LogP contribution in [0.3, 0.4) is 0 Å². The second-order valence-corrected chi connectivity index (χ2v) is 3.48. The van der Waals surface area contributed by atoms with E-state index in [9.17, 15) is 0 Å². The molecule has 0 aliphatic heterocycles. The molecule has 0 amide bonds. The van der Waals surface area contributed by atoms with Gasteiger partial charge in [0.05, 0.1) is 0 Å². The first-order chi connectivity index (χ1) is 5.22. The van der Waals surface area contributed by atoms with E-state index in [1.807, 2.05) is 0 Å². The lowest BCUT2D eigenvalue weighted by Gasteiger charge is -1.99. The van der Waals surface area contributed by atoms with Crippen molar-refractivity contribution in [1.82, 2.24) is 4.98 Å². The van der Waals surface area contributed by atoms with E-state index in [1.165, 1.54) is 17.7 Å². The van der Waals surface area contributed by atoms with Crippen molar-refractivity contribution in [2.45, 2.75) is 33.6 Å². The molecule has 1 N–H and O–H groups in total. The maximum atomic E-state index is 3.29. The number of aromatic nitrogens is 1. The van der Waals surface area contributed by atoms with Crippen molar-refractivity contribution < 1.29 is 0 Å². The van der Waals surface area contributed by atoms with Gasteiger partial charge in [-0.3, -0.25) is 0 Å². The normalized spacial score (nSPS) is 10.9. The van der Waals surface area contributed by atoms with Crippen molar-refractivity contribution >= 4 is 0 Å². The number of hydrogen-bond donors (Lipinski definition) is 1. The van der Waals surface area contributed by atoms with Crippen LogP contribution in [-0.4, -0.2) is 4.98 Å². The van der Waals surface area contributed by atoms with Crippen LogP contribution in [0.1, 0.15) is 32.0 Å². The average molecular weight is 151 g/mol. The van der Waals surface area contributed by atoms with Gasteiger partial charge in [0.15, 0.2) is 0 Å². The summed E-state index contributed by atoms with van der Waals surface area (Å²) in [7, 11) is 0. The number of H-pyrrole nitrogens is 1. The third-order valence-electron chi connectivity index (χ3n) is 1.84. The van der Waals surface area contributed by atoms with Gasteiger partial charge in [0.25, 0.3) is 0 Å². The molecule has 0 aliphatic carbocycles. The smallest absolute Gasteiger partial charge is 0.0152 e.